The van der Waals surface area contributed by atoms with Crippen molar-refractivity contribution in [3.63, 3.8) is 0 Å². The number of nitrogens with zero attached hydrogens (tertiary/aromatic N) is 1. The van der Waals surface area contributed by atoms with E-state index < -0.39 is 0 Å². The zero-order chi connectivity index (χ0) is 22.3. The summed E-state index contributed by atoms with van der Waals surface area (Å²) < 4.78 is 24.4. The van der Waals surface area contributed by atoms with E-state index in [0.717, 1.165) is 22.6 Å². The Balaban J connectivity index is 1.38. The Bertz CT molecular complexity index is 1160. The minimum atomic E-state index is -0.286. The first-order valence-corrected chi connectivity index (χ1v) is 10.9. The smallest absolute Gasteiger partial charge is 0.264 e. The molecular formula is C25H21FN2O3S. The van der Waals surface area contributed by atoms with Crippen molar-refractivity contribution in [2.45, 2.75) is 13.5 Å². The predicted octanol–water partition coefficient (Wildman–Crippen LogP) is 5.70. The van der Waals surface area contributed by atoms with Crippen LogP contribution in [0.4, 0.5) is 10.1 Å². The average Bonchev–Trinajstić information content (AvgIpc) is 3.13. The molecule has 162 valence electrons. The monoisotopic (exact) mass is 448 g/mol. The van der Waals surface area contributed by atoms with Crippen LogP contribution in [-0.4, -0.2) is 17.7 Å². The van der Waals surface area contributed by atoms with E-state index in [2.05, 4.69) is 10.3 Å². The summed E-state index contributed by atoms with van der Waals surface area (Å²) in [5, 5.41) is 3.31. The lowest BCUT2D eigenvalue weighted by atomic mass is 10.2. The first-order valence-electron chi connectivity index (χ1n) is 10.1. The molecule has 0 atom stereocenters. The van der Waals surface area contributed by atoms with Crippen LogP contribution in [0, 0.1) is 5.82 Å². The number of amidine groups is 1. The summed E-state index contributed by atoms with van der Waals surface area (Å²) in [6, 6.07) is 21.1. The first kappa shape index (κ1) is 21.6. The number of benzene rings is 3. The molecule has 0 bridgehead atoms. The molecule has 3 aromatic carbocycles. The lowest BCUT2D eigenvalue weighted by Gasteiger charge is -2.06. The molecular weight excluding hydrogens is 427 g/mol. The molecule has 1 heterocycles. The van der Waals surface area contributed by atoms with Gasteiger partial charge in [0.15, 0.2) is 5.17 Å². The minimum Gasteiger partial charge on any atom is -0.494 e. The van der Waals surface area contributed by atoms with Crippen LogP contribution in [0.2, 0.25) is 0 Å². The van der Waals surface area contributed by atoms with Gasteiger partial charge in [-0.2, -0.15) is 0 Å². The molecule has 0 saturated carbocycles. The van der Waals surface area contributed by atoms with Gasteiger partial charge < -0.3 is 14.8 Å². The second-order valence-electron chi connectivity index (χ2n) is 6.90. The summed E-state index contributed by atoms with van der Waals surface area (Å²) in [7, 11) is 0. The summed E-state index contributed by atoms with van der Waals surface area (Å²) in [4.78, 5) is 17.4. The van der Waals surface area contributed by atoms with Crippen molar-refractivity contribution in [3.05, 3.63) is 94.6 Å². The van der Waals surface area contributed by atoms with Crippen LogP contribution in [-0.2, 0) is 11.4 Å². The number of carbonyl (C=O) groups excluding carboxylic acids is 1. The number of rotatable bonds is 7. The van der Waals surface area contributed by atoms with E-state index >= 15 is 0 Å². The molecule has 1 aliphatic heterocycles. The molecule has 0 aliphatic carbocycles. The standard InChI is InChI=1S/C25H21FN2O3S/c1-2-30-21-12-8-20(9-13-21)27-25-28-24(29)23(32-25)15-17-6-10-22(11-7-17)31-16-18-4-3-5-19(26)14-18/h3-15H,2,16H2,1H3,(H,27,28,29)/b23-15+. The predicted molar refractivity (Wildman–Crippen MR) is 126 cm³/mol. The van der Waals surface area contributed by atoms with Gasteiger partial charge in [-0.1, -0.05) is 24.3 Å². The van der Waals surface area contributed by atoms with Crippen molar-refractivity contribution in [1.29, 1.82) is 0 Å². The van der Waals surface area contributed by atoms with Crippen LogP contribution >= 0.6 is 11.8 Å². The fraction of sp³-hybridized carbons (Fsp3) is 0.120. The van der Waals surface area contributed by atoms with Crippen molar-refractivity contribution < 1.29 is 18.7 Å². The van der Waals surface area contributed by atoms with Crippen molar-refractivity contribution in [1.82, 2.24) is 5.32 Å². The molecule has 0 aromatic heterocycles. The Kier molecular flexibility index (Phi) is 6.87. The highest BCUT2D eigenvalue weighted by Crippen LogP contribution is 2.29. The highest BCUT2D eigenvalue weighted by Gasteiger charge is 2.23. The molecule has 7 heteroatoms. The quantitative estimate of drug-likeness (QED) is 0.472. The molecule has 0 radical (unpaired) electrons. The molecule has 0 unspecified atom stereocenters. The van der Waals surface area contributed by atoms with E-state index in [0.29, 0.717) is 22.4 Å². The number of nitrogens with one attached hydrogen (secondary N) is 1. The molecule has 3 aromatic rings. The highest BCUT2D eigenvalue weighted by atomic mass is 32.2. The summed E-state index contributed by atoms with van der Waals surface area (Å²) >= 11 is 1.29. The first-order chi connectivity index (χ1) is 15.6. The van der Waals surface area contributed by atoms with E-state index in [1.165, 1.54) is 23.9 Å². The number of carbonyl (C=O) groups is 1. The van der Waals surface area contributed by atoms with Gasteiger partial charge in [-0.05, 0) is 84.4 Å². The van der Waals surface area contributed by atoms with Crippen LogP contribution in [0.5, 0.6) is 11.5 Å². The van der Waals surface area contributed by atoms with Gasteiger partial charge in [-0.3, -0.25) is 4.79 Å². The maximum atomic E-state index is 13.3. The van der Waals surface area contributed by atoms with E-state index in [9.17, 15) is 9.18 Å². The van der Waals surface area contributed by atoms with Crippen molar-refractivity contribution in [3.8, 4) is 11.5 Å². The third kappa shape index (κ3) is 5.76. The van der Waals surface area contributed by atoms with Gasteiger partial charge in [-0.15, -0.1) is 0 Å². The van der Waals surface area contributed by atoms with Gasteiger partial charge in [0.25, 0.3) is 5.91 Å². The third-order valence-electron chi connectivity index (χ3n) is 4.50. The normalized spacial score (nSPS) is 15.8. The van der Waals surface area contributed by atoms with Crippen LogP contribution in [0.3, 0.4) is 0 Å². The van der Waals surface area contributed by atoms with Gasteiger partial charge in [0.2, 0.25) is 0 Å². The van der Waals surface area contributed by atoms with E-state index in [1.807, 2.05) is 61.5 Å². The van der Waals surface area contributed by atoms with Crippen molar-refractivity contribution in [2.75, 3.05) is 6.61 Å². The number of hydrogen-bond donors (Lipinski definition) is 1. The molecule has 1 aliphatic rings. The molecule has 0 spiro atoms. The number of hydrogen-bond acceptors (Lipinski definition) is 5. The summed E-state index contributed by atoms with van der Waals surface area (Å²) in [6.07, 6.45) is 1.80. The molecule has 5 nitrogen and oxygen atoms in total. The van der Waals surface area contributed by atoms with E-state index in [1.54, 1.807) is 12.1 Å². The maximum Gasteiger partial charge on any atom is 0.264 e. The Morgan fingerprint density at radius 2 is 1.72 bits per heavy atom. The second kappa shape index (κ2) is 10.2. The molecule has 1 N–H and O–H groups in total. The van der Waals surface area contributed by atoms with Crippen molar-refractivity contribution >= 4 is 34.6 Å². The van der Waals surface area contributed by atoms with Crippen LogP contribution < -0.4 is 14.8 Å². The van der Waals surface area contributed by atoms with Gasteiger partial charge in [-0.25, -0.2) is 9.38 Å². The average molecular weight is 449 g/mol. The highest BCUT2D eigenvalue weighted by molar-refractivity contribution is 8.18. The zero-order valence-corrected chi connectivity index (χ0v) is 18.2. The third-order valence-corrected chi connectivity index (χ3v) is 5.41. The van der Waals surface area contributed by atoms with Gasteiger partial charge in [0.05, 0.1) is 17.2 Å². The Hall–Kier alpha value is -3.58. The van der Waals surface area contributed by atoms with Crippen LogP contribution in [0.15, 0.2) is 82.7 Å². The van der Waals surface area contributed by atoms with Crippen molar-refractivity contribution in [2.24, 2.45) is 4.99 Å². The number of ether oxygens (including phenoxy) is 2. The largest absolute Gasteiger partial charge is 0.494 e. The number of amides is 1. The fourth-order valence-electron chi connectivity index (χ4n) is 2.99. The number of aliphatic imine (C=N–C) groups is 1. The summed E-state index contributed by atoms with van der Waals surface area (Å²) in [5.74, 6) is 0.971. The van der Waals surface area contributed by atoms with Gasteiger partial charge >= 0.3 is 0 Å². The fourth-order valence-corrected chi connectivity index (χ4v) is 3.83. The molecule has 32 heavy (non-hydrogen) atoms. The number of thioether (sulfide) groups is 1. The molecule has 1 amide bonds. The van der Waals surface area contributed by atoms with Gasteiger partial charge in [0, 0.05) is 0 Å². The maximum absolute atomic E-state index is 13.3. The van der Waals surface area contributed by atoms with Gasteiger partial charge in [0.1, 0.15) is 23.9 Å². The number of halogens is 1. The SMILES string of the molecule is CCOc1ccc(N=C2NC(=O)/C(=C\c3ccc(OCc4cccc(F)c4)cc3)S2)cc1. The van der Waals surface area contributed by atoms with Crippen LogP contribution in [0.25, 0.3) is 6.08 Å². The Morgan fingerprint density at radius 1 is 1.00 bits per heavy atom. The second-order valence-corrected chi connectivity index (χ2v) is 7.93. The molecule has 1 saturated heterocycles. The molecule has 1 fully saturated rings. The van der Waals surface area contributed by atoms with Crippen LogP contribution in [0.1, 0.15) is 18.1 Å². The van der Waals surface area contributed by atoms with E-state index in [-0.39, 0.29) is 18.3 Å². The zero-order valence-electron chi connectivity index (χ0n) is 17.4. The lowest BCUT2D eigenvalue weighted by Crippen LogP contribution is -2.19. The lowest BCUT2D eigenvalue weighted by molar-refractivity contribution is -0.115. The summed E-state index contributed by atoms with van der Waals surface area (Å²) in [6.45, 7) is 2.82. The molecule has 4 rings (SSSR count). The van der Waals surface area contributed by atoms with E-state index in [4.69, 9.17) is 9.47 Å². The minimum absolute atomic E-state index is 0.189. The Morgan fingerprint density at radius 3 is 2.44 bits per heavy atom. The summed E-state index contributed by atoms with van der Waals surface area (Å²) in [5.41, 5.74) is 2.36. The topological polar surface area (TPSA) is 59.9 Å². The Labute approximate surface area is 190 Å².